The van der Waals surface area contributed by atoms with E-state index in [1.54, 1.807) is 0 Å². The lowest BCUT2D eigenvalue weighted by Gasteiger charge is -2.34. The summed E-state index contributed by atoms with van der Waals surface area (Å²) in [5, 5.41) is 4.95. The van der Waals surface area contributed by atoms with E-state index in [0.29, 0.717) is 16.8 Å². The average Bonchev–Trinajstić information content (AvgIpc) is 2.88. The van der Waals surface area contributed by atoms with Gasteiger partial charge in [0.05, 0.1) is 23.6 Å². The molecule has 0 aliphatic heterocycles. The predicted octanol–water partition coefficient (Wildman–Crippen LogP) is 3.99. The zero-order valence-corrected chi connectivity index (χ0v) is 15.8. The molecule has 0 saturated heterocycles. The summed E-state index contributed by atoms with van der Waals surface area (Å²) in [6.45, 7) is 8.19. The van der Waals surface area contributed by atoms with Gasteiger partial charge in [0.2, 0.25) is 0 Å². The summed E-state index contributed by atoms with van der Waals surface area (Å²) < 4.78 is 53.4. The first-order chi connectivity index (χ1) is 12.3. The maximum absolute atomic E-state index is 13.1. The van der Waals surface area contributed by atoms with Crippen molar-refractivity contribution in [1.29, 1.82) is 0 Å². The van der Waals surface area contributed by atoms with Crippen LogP contribution in [0.5, 0.6) is 0 Å². The molecular formula is C18H22F4N4O. The fraction of sp³-hybridized carbons (Fsp3) is 0.444. The minimum Gasteiger partial charge on any atom is -0.271 e. The quantitative estimate of drug-likeness (QED) is 0.639. The first-order valence-corrected chi connectivity index (χ1v) is 8.25. The van der Waals surface area contributed by atoms with Gasteiger partial charge in [0, 0.05) is 5.54 Å². The first-order valence-electron chi connectivity index (χ1n) is 8.25. The summed E-state index contributed by atoms with van der Waals surface area (Å²) in [5.41, 5.74) is 2.59. The standard InChI is InChI=1S/C18H22F4N4O/c1-11-6-13(18(20,21)22)7-12(2)16(11)26(24-17(3,4)5)15(27)10-25-9-14(19)8-23-25/h6-9,24H,10H2,1-5H3. The minimum absolute atomic E-state index is 0.271. The van der Waals surface area contributed by atoms with Gasteiger partial charge in [0.15, 0.2) is 5.82 Å². The van der Waals surface area contributed by atoms with Crippen LogP contribution in [0.25, 0.3) is 0 Å². The molecule has 0 aliphatic rings. The van der Waals surface area contributed by atoms with Crippen molar-refractivity contribution in [2.75, 3.05) is 5.01 Å². The molecule has 148 valence electrons. The van der Waals surface area contributed by atoms with Gasteiger partial charge in [-0.05, 0) is 57.9 Å². The Morgan fingerprint density at radius 3 is 2.15 bits per heavy atom. The summed E-state index contributed by atoms with van der Waals surface area (Å²) in [7, 11) is 0. The number of carbonyl (C=O) groups excluding carboxylic acids is 1. The number of amides is 1. The van der Waals surface area contributed by atoms with E-state index in [0.717, 1.165) is 29.2 Å². The van der Waals surface area contributed by atoms with Crippen LogP contribution in [-0.4, -0.2) is 21.2 Å². The number of benzene rings is 1. The molecule has 0 unspecified atom stereocenters. The smallest absolute Gasteiger partial charge is 0.271 e. The van der Waals surface area contributed by atoms with Crippen molar-refractivity contribution in [3.05, 3.63) is 47.0 Å². The summed E-state index contributed by atoms with van der Waals surface area (Å²) in [4.78, 5) is 12.8. The fourth-order valence-electron chi connectivity index (χ4n) is 2.68. The van der Waals surface area contributed by atoms with E-state index in [9.17, 15) is 22.4 Å². The zero-order valence-electron chi connectivity index (χ0n) is 15.8. The number of aromatic nitrogens is 2. The maximum Gasteiger partial charge on any atom is 0.416 e. The Balaban J connectivity index is 2.46. The SMILES string of the molecule is Cc1cc(C(F)(F)F)cc(C)c1N(NC(C)(C)C)C(=O)Cn1cc(F)cn1. The predicted molar refractivity (Wildman–Crippen MR) is 93.5 cm³/mol. The van der Waals surface area contributed by atoms with Gasteiger partial charge in [0.25, 0.3) is 5.91 Å². The summed E-state index contributed by atoms with van der Waals surface area (Å²) in [6, 6.07) is 2.00. The third-order valence-electron chi connectivity index (χ3n) is 3.64. The number of hydrazine groups is 1. The van der Waals surface area contributed by atoms with Crippen molar-refractivity contribution in [1.82, 2.24) is 15.2 Å². The van der Waals surface area contributed by atoms with Crippen molar-refractivity contribution in [3.8, 4) is 0 Å². The molecule has 0 spiro atoms. The molecule has 2 aromatic rings. The topological polar surface area (TPSA) is 50.2 Å². The molecule has 1 heterocycles. The van der Waals surface area contributed by atoms with Gasteiger partial charge >= 0.3 is 6.18 Å². The van der Waals surface area contributed by atoms with Crippen LogP contribution in [0.3, 0.4) is 0 Å². The van der Waals surface area contributed by atoms with Gasteiger partial charge < -0.3 is 0 Å². The molecule has 27 heavy (non-hydrogen) atoms. The highest BCUT2D eigenvalue weighted by Crippen LogP contribution is 2.35. The number of halogens is 4. The second-order valence-corrected chi connectivity index (χ2v) is 7.40. The molecule has 0 aliphatic carbocycles. The second kappa shape index (κ2) is 7.30. The van der Waals surface area contributed by atoms with Crippen LogP contribution in [0.2, 0.25) is 0 Å². The number of alkyl halides is 3. The number of nitrogens with zero attached hydrogens (tertiary/aromatic N) is 3. The molecule has 1 N–H and O–H groups in total. The fourth-order valence-corrected chi connectivity index (χ4v) is 2.68. The van der Waals surface area contributed by atoms with Crippen molar-refractivity contribution >= 4 is 11.6 Å². The lowest BCUT2D eigenvalue weighted by Crippen LogP contribution is -2.54. The van der Waals surface area contributed by atoms with E-state index in [1.165, 1.54) is 18.9 Å². The van der Waals surface area contributed by atoms with Crippen LogP contribution in [0.1, 0.15) is 37.5 Å². The van der Waals surface area contributed by atoms with E-state index in [1.807, 2.05) is 20.8 Å². The Morgan fingerprint density at radius 2 is 1.74 bits per heavy atom. The minimum atomic E-state index is -4.48. The summed E-state index contributed by atoms with van der Waals surface area (Å²) in [6.07, 6.45) is -2.43. The first kappa shape index (κ1) is 20.9. The molecule has 9 heteroatoms. The summed E-state index contributed by atoms with van der Waals surface area (Å²) in [5.74, 6) is -1.07. The highest BCUT2D eigenvalue weighted by molar-refractivity contribution is 5.94. The molecule has 0 bridgehead atoms. The number of anilines is 1. The molecule has 0 atom stereocenters. The monoisotopic (exact) mass is 386 g/mol. The zero-order chi connectivity index (χ0) is 20.6. The van der Waals surface area contributed by atoms with Crippen LogP contribution in [0, 0.1) is 19.7 Å². The molecule has 0 radical (unpaired) electrons. The molecule has 0 fully saturated rings. The van der Waals surface area contributed by atoms with Crippen LogP contribution < -0.4 is 10.4 Å². The number of carbonyl (C=O) groups is 1. The number of aryl methyl sites for hydroxylation is 2. The Morgan fingerprint density at radius 1 is 1.19 bits per heavy atom. The molecule has 1 aromatic heterocycles. The van der Waals surface area contributed by atoms with Gasteiger partial charge in [-0.2, -0.15) is 18.3 Å². The molecule has 1 amide bonds. The molecular weight excluding hydrogens is 364 g/mol. The lowest BCUT2D eigenvalue weighted by atomic mass is 10.0. The Kier molecular flexibility index (Phi) is 5.65. The number of hydrogen-bond acceptors (Lipinski definition) is 3. The molecule has 0 saturated carbocycles. The third kappa shape index (κ3) is 5.29. The number of rotatable bonds is 4. The lowest BCUT2D eigenvalue weighted by molar-refractivity contribution is -0.137. The van der Waals surface area contributed by atoms with Crippen LogP contribution >= 0.6 is 0 Å². The Hall–Kier alpha value is -2.42. The number of nitrogens with one attached hydrogen (secondary N) is 1. The van der Waals surface area contributed by atoms with Gasteiger partial charge in [-0.1, -0.05) is 0 Å². The van der Waals surface area contributed by atoms with E-state index in [4.69, 9.17) is 0 Å². The summed E-state index contributed by atoms with van der Waals surface area (Å²) >= 11 is 0. The van der Waals surface area contributed by atoms with E-state index >= 15 is 0 Å². The average molecular weight is 386 g/mol. The molecule has 1 aromatic carbocycles. The maximum atomic E-state index is 13.1. The second-order valence-electron chi connectivity index (χ2n) is 7.40. The molecule has 2 rings (SSSR count). The van der Waals surface area contributed by atoms with Crippen LogP contribution in [0.4, 0.5) is 23.2 Å². The highest BCUT2D eigenvalue weighted by Gasteiger charge is 2.33. The Labute approximate surface area is 154 Å². The van der Waals surface area contributed by atoms with Crippen molar-refractivity contribution < 1.29 is 22.4 Å². The van der Waals surface area contributed by atoms with E-state index < -0.39 is 29.0 Å². The van der Waals surface area contributed by atoms with Gasteiger partial charge in [-0.25, -0.2) is 14.8 Å². The van der Waals surface area contributed by atoms with Crippen molar-refractivity contribution in [2.45, 2.75) is 52.9 Å². The van der Waals surface area contributed by atoms with E-state index in [2.05, 4.69) is 10.5 Å². The van der Waals surface area contributed by atoms with Crippen LogP contribution in [-0.2, 0) is 17.5 Å². The number of hydrogen-bond donors (Lipinski definition) is 1. The van der Waals surface area contributed by atoms with E-state index in [-0.39, 0.29) is 6.54 Å². The molecule has 5 nitrogen and oxygen atoms in total. The largest absolute Gasteiger partial charge is 0.416 e. The third-order valence-corrected chi connectivity index (χ3v) is 3.64. The van der Waals surface area contributed by atoms with Crippen molar-refractivity contribution in [3.63, 3.8) is 0 Å². The van der Waals surface area contributed by atoms with Crippen molar-refractivity contribution in [2.24, 2.45) is 0 Å². The normalized spacial score (nSPS) is 12.3. The van der Waals surface area contributed by atoms with Gasteiger partial charge in [0.1, 0.15) is 6.54 Å². The van der Waals surface area contributed by atoms with Gasteiger partial charge in [-0.15, -0.1) is 0 Å². The Bertz CT molecular complexity index is 814. The van der Waals surface area contributed by atoms with Crippen LogP contribution in [0.15, 0.2) is 24.5 Å². The van der Waals surface area contributed by atoms with Gasteiger partial charge in [-0.3, -0.25) is 9.48 Å². The highest BCUT2D eigenvalue weighted by atomic mass is 19.4.